The van der Waals surface area contributed by atoms with E-state index in [4.69, 9.17) is 0 Å². The van der Waals surface area contributed by atoms with E-state index in [0.717, 1.165) is 21.9 Å². The van der Waals surface area contributed by atoms with E-state index in [-0.39, 0.29) is 11.6 Å². The van der Waals surface area contributed by atoms with E-state index >= 15 is 0 Å². The van der Waals surface area contributed by atoms with Gasteiger partial charge in [0.05, 0.1) is 0 Å². The van der Waals surface area contributed by atoms with E-state index in [2.05, 4.69) is 0 Å². The lowest BCUT2D eigenvalue weighted by Crippen LogP contribution is -1.96. The Morgan fingerprint density at radius 3 is 2.24 bits per heavy atom. The molecule has 0 fully saturated rings. The number of rotatable bonds is 3. The quantitative estimate of drug-likeness (QED) is 0.753. The molecular weight excluding hydrogens is 212 g/mol. The largest absolute Gasteiger partial charge is 0.300 e. The molecule has 86 valence electrons. The molecule has 0 amide bonds. The molecule has 0 aliphatic heterocycles. The molecule has 0 radical (unpaired) electrons. The fourth-order valence-electron chi connectivity index (χ4n) is 1.91. The summed E-state index contributed by atoms with van der Waals surface area (Å²) >= 11 is 0. The summed E-state index contributed by atoms with van der Waals surface area (Å²) in [6.07, 6.45) is 0.463. The van der Waals surface area contributed by atoms with E-state index < -0.39 is 0 Å². The van der Waals surface area contributed by atoms with Gasteiger partial charge in [0, 0.05) is 12.0 Å². The van der Waals surface area contributed by atoms with Gasteiger partial charge >= 0.3 is 0 Å². The van der Waals surface area contributed by atoms with Crippen LogP contribution in [0.15, 0.2) is 36.4 Å². The minimum absolute atomic E-state index is 0.0692. The van der Waals surface area contributed by atoms with Crippen LogP contribution in [-0.2, 0) is 11.2 Å². The third kappa shape index (κ3) is 2.59. The van der Waals surface area contributed by atoms with Crippen LogP contribution in [0.3, 0.4) is 0 Å². The number of carbonyl (C=O) groups is 2. The summed E-state index contributed by atoms with van der Waals surface area (Å²) in [6, 6.07) is 11.5. The van der Waals surface area contributed by atoms with Crippen LogP contribution in [0.5, 0.6) is 0 Å². The minimum atomic E-state index is 0.0692. The van der Waals surface area contributed by atoms with Crippen LogP contribution in [0.4, 0.5) is 0 Å². The normalized spacial score (nSPS) is 10.5. The molecule has 2 nitrogen and oxygen atoms in total. The number of hydrogen-bond donors (Lipinski definition) is 0. The average molecular weight is 226 g/mol. The molecule has 17 heavy (non-hydrogen) atoms. The molecule has 0 saturated carbocycles. The molecule has 0 atom stereocenters. The molecule has 2 aromatic carbocycles. The zero-order valence-electron chi connectivity index (χ0n) is 9.99. The Morgan fingerprint density at radius 2 is 1.59 bits per heavy atom. The highest BCUT2D eigenvalue weighted by Gasteiger charge is 2.03. The van der Waals surface area contributed by atoms with E-state index in [9.17, 15) is 9.59 Å². The lowest BCUT2D eigenvalue weighted by molar-refractivity contribution is -0.116. The van der Waals surface area contributed by atoms with Crippen molar-refractivity contribution >= 4 is 22.3 Å². The molecule has 0 bridgehead atoms. The van der Waals surface area contributed by atoms with Crippen LogP contribution in [0.1, 0.15) is 29.8 Å². The van der Waals surface area contributed by atoms with Gasteiger partial charge in [-0.2, -0.15) is 0 Å². The standard InChI is InChI=1S/C15H14O2/c1-10(16)7-12-3-4-15-9-13(11(2)17)5-6-14(15)8-12/h3-6,8-9H,7H2,1-2H3. The van der Waals surface area contributed by atoms with Crippen molar-refractivity contribution < 1.29 is 9.59 Å². The van der Waals surface area contributed by atoms with Gasteiger partial charge in [0.2, 0.25) is 0 Å². The summed E-state index contributed by atoms with van der Waals surface area (Å²) in [5.41, 5.74) is 1.73. The first-order valence-corrected chi connectivity index (χ1v) is 5.59. The van der Waals surface area contributed by atoms with Gasteiger partial charge in [-0.25, -0.2) is 0 Å². The summed E-state index contributed by atoms with van der Waals surface area (Å²) in [5.74, 6) is 0.226. The van der Waals surface area contributed by atoms with Crippen LogP contribution >= 0.6 is 0 Å². The number of benzene rings is 2. The predicted molar refractivity (Wildman–Crippen MR) is 68.3 cm³/mol. The van der Waals surface area contributed by atoms with Crippen molar-refractivity contribution in [2.45, 2.75) is 20.3 Å². The number of hydrogen-bond acceptors (Lipinski definition) is 2. The molecule has 0 saturated heterocycles. The summed E-state index contributed by atoms with van der Waals surface area (Å²) in [6.45, 7) is 3.15. The summed E-state index contributed by atoms with van der Waals surface area (Å²) in [4.78, 5) is 22.3. The van der Waals surface area contributed by atoms with Gasteiger partial charge in [-0.3, -0.25) is 9.59 Å². The van der Waals surface area contributed by atoms with Gasteiger partial charge in [-0.1, -0.05) is 30.3 Å². The highest BCUT2D eigenvalue weighted by molar-refractivity contribution is 5.98. The van der Waals surface area contributed by atoms with Crippen molar-refractivity contribution in [2.24, 2.45) is 0 Å². The molecule has 2 heteroatoms. The van der Waals surface area contributed by atoms with Crippen LogP contribution in [0.2, 0.25) is 0 Å². The molecule has 0 heterocycles. The average Bonchev–Trinajstić information content (AvgIpc) is 2.27. The minimum Gasteiger partial charge on any atom is -0.300 e. The lowest BCUT2D eigenvalue weighted by atomic mass is 10.0. The van der Waals surface area contributed by atoms with E-state index in [0.29, 0.717) is 6.42 Å². The Morgan fingerprint density at radius 1 is 0.941 bits per heavy atom. The van der Waals surface area contributed by atoms with Crippen molar-refractivity contribution in [2.75, 3.05) is 0 Å². The van der Waals surface area contributed by atoms with Gasteiger partial charge in [0.1, 0.15) is 5.78 Å². The van der Waals surface area contributed by atoms with Crippen LogP contribution < -0.4 is 0 Å². The van der Waals surface area contributed by atoms with Gasteiger partial charge in [0.25, 0.3) is 0 Å². The van der Waals surface area contributed by atoms with Gasteiger partial charge < -0.3 is 0 Å². The first-order valence-electron chi connectivity index (χ1n) is 5.59. The number of fused-ring (bicyclic) bond motifs is 1. The molecule has 2 rings (SSSR count). The van der Waals surface area contributed by atoms with Crippen molar-refractivity contribution in [1.82, 2.24) is 0 Å². The van der Waals surface area contributed by atoms with Crippen molar-refractivity contribution in [1.29, 1.82) is 0 Å². The van der Waals surface area contributed by atoms with Crippen molar-refractivity contribution in [3.05, 3.63) is 47.5 Å². The van der Waals surface area contributed by atoms with E-state index in [1.807, 2.05) is 36.4 Å². The second-order valence-electron chi connectivity index (χ2n) is 4.33. The monoisotopic (exact) mass is 226 g/mol. The topological polar surface area (TPSA) is 34.1 Å². The molecular formula is C15H14O2. The van der Waals surface area contributed by atoms with Crippen molar-refractivity contribution in [3.8, 4) is 0 Å². The van der Waals surface area contributed by atoms with Gasteiger partial charge in [-0.15, -0.1) is 0 Å². The maximum atomic E-state index is 11.3. The van der Waals surface area contributed by atoms with Crippen LogP contribution in [-0.4, -0.2) is 11.6 Å². The Kier molecular flexibility index (Phi) is 3.05. The number of ketones is 2. The molecule has 0 aliphatic rings. The van der Waals surface area contributed by atoms with Gasteiger partial charge in [0.15, 0.2) is 5.78 Å². The van der Waals surface area contributed by atoms with Crippen LogP contribution in [0, 0.1) is 0 Å². The Bertz CT molecular complexity index is 597. The fraction of sp³-hybridized carbons (Fsp3) is 0.200. The number of Topliss-reactive ketones (excluding diaryl/α,β-unsaturated/α-hetero) is 2. The highest BCUT2D eigenvalue weighted by Crippen LogP contribution is 2.18. The Hall–Kier alpha value is -1.96. The lowest BCUT2D eigenvalue weighted by Gasteiger charge is -2.03. The molecule has 0 spiro atoms. The smallest absolute Gasteiger partial charge is 0.159 e. The maximum Gasteiger partial charge on any atom is 0.159 e. The molecule has 0 aromatic heterocycles. The molecule has 0 aliphatic carbocycles. The number of carbonyl (C=O) groups excluding carboxylic acids is 2. The van der Waals surface area contributed by atoms with E-state index in [1.165, 1.54) is 0 Å². The van der Waals surface area contributed by atoms with Crippen LogP contribution in [0.25, 0.3) is 10.8 Å². The first kappa shape index (κ1) is 11.5. The van der Waals surface area contributed by atoms with Gasteiger partial charge in [-0.05, 0) is 36.2 Å². The second-order valence-corrected chi connectivity index (χ2v) is 4.33. The highest BCUT2D eigenvalue weighted by atomic mass is 16.1. The SMILES string of the molecule is CC(=O)Cc1ccc2cc(C(C)=O)ccc2c1. The third-order valence-electron chi connectivity index (χ3n) is 2.76. The third-order valence-corrected chi connectivity index (χ3v) is 2.76. The summed E-state index contributed by atoms with van der Waals surface area (Å²) in [7, 11) is 0. The predicted octanol–water partition coefficient (Wildman–Crippen LogP) is 3.17. The summed E-state index contributed by atoms with van der Waals surface area (Å²) in [5, 5.41) is 2.10. The maximum absolute atomic E-state index is 11.3. The zero-order valence-corrected chi connectivity index (χ0v) is 9.99. The Labute approximate surface area is 100 Å². The first-order chi connectivity index (χ1) is 8.06. The Balaban J connectivity index is 2.46. The molecule has 0 N–H and O–H groups in total. The summed E-state index contributed by atoms with van der Waals surface area (Å²) < 4.78 is 0. The fourth-order valence-corrected chi connectivity index (χ4v) is 1.91. The molecule has 2 aromatic rings. The second kappa shape index (κ2) is 4.50. The molecule has 0 unspecified atom stereocenters. The zero-order chi connectivity index (χ0) is 12.4. The van der Waals surface area contributed by atoms with E-state index in [1.54, 1.807) is 13.8 Å². The van der Waals surface area contributed by atoms with Crippen molar-refractivity contribution in [3.63, 3.8) is 0 Å².